The van der Waals surface area contributed by atoms with E-state index >= 15 is 0 Å². The first-order valence-electron chi connectivity index (χ1n) is 5.33. The van der Waals surface area contributed by atoms with Gasteiger partial charge in [0.15, 0.2) is 5.75 Å². The molecule has 1 aromatic rings. The van der Waals surface area contributed by atoms with Crippen molar-refractivity contribution in [1.29, 1.82) is 5.26 Å². The summed E-state index contributed by atoms with van der Waals surface area (Å²) in [5, 5.41) is 15.2. The molecule has 0 spiro atoms. The van der Waals surface area contributed by atoms with Crippen molar-refractivity contribution < 1.29 is 4.74 Å². The molecule has 0 unspecified atom stereocenters. The fourth-order valence-corrected chi connectivity index (χ4v) is 2.13. The van der Waals surface area contributed by atoms with Crippen LogP contribution in [0.1, 0.15) is 19.4 Å². The van der Waals surface area contributed by atoms with E-state index in [1.807, 2.05) is 31.0 Å². The van der Waals surface area contributed by atoms with E-state index in [0.717, 1.165) is 11.6 Å². The van der Waals surface area contributed by atoms with E-state index in [-0.39, 0.29) is 18.5 Å². The molecular weight excluding hydrogens is 270 g/mol. The van der Waals surface area contributed by atoms with E-state index < -0.39 is 0 Å². The van der Waals surface area contributed by atoms with Gasteiger partial charge < -0.3 is 4.74 Å². The van der Waals surface area contributed by atoms with E-state index in [1.165, 1.54) is 0 Å². The zero-order valence-corrected chi connectivity index (χ0v) is 11.8. The Kier molecular flexibility index (Phi) is 5.32. The largest absolute Gasteiger partial charge is 0.487 e. The number of anilines is 1. The average Bonchev–Trinajstić information content (AvgIpc) is 2.82. The molecule has 2 rings (SSSR count). The molecule has 1 aromatic carbocycles. The van der Waals surface area contributed by atoms with E-state index in [9.17, 15) is 0 Å². The lowest BCUT2D eigenvalue weighted by Crippen LogP contribution is -2.15. The Morgan fingerprint density at radius 2 is 2.28 bits per heavy atom. The molecule has 0 atom stereocenters. The van der Waals surface area contributed by atoms with Crippen LogP contribution >= 0.6 is 24.2 Å². The van der Waals surface area contributed by atoms with Crippen molar-refractivity contribution >= 4 is 35.4 Å². The predicted molar refractivity (Wildman–Crippen MR) is 77.6 cm³/mol. The zero-order valence-electron chi connectivity index (χ0n) is 10.2. The molecule has 1 aliphatic heterocycles. The van der Waals surface area contributed by atoms with Crippen LogP contribution in [0.15, 0.2) is 23.3 Å². The van der Waals surface area contributed by atoms with Gasteiger partial charge in [0.25, 0.3) is 0 Å². The van der Waals surface area contributed by atoms with Gasteiger partial charge in [-0.2, -0.15) is 10.4 Å². The molecular formula is C12H14ClN3OS. The van der Waals surface area contributed by atoms with Gasteiger partial charge in [0.1, 0.15) is 11.8 Å². The molecule has 0 bridgehead atoms. The Morgan fingerprint density at radius 1 is 1.50 bits per heavy atom. The van der Waals surface area contributed by atoms with Crippen LogP contribution in [0.4, 0.5) is 5.69 Å². The van der Waals surface area contributed by atoms with Crippen LogP contribution in [-0.4, -0.2) is 17.5 Å². The maximum absolute atomic E-state index is 9.11. The third-order valence-corrected chi connectivity index (χ3v) is 2.84. The fourth-order valence-electron chi connectivity index (χ4n) is 1.53. The van der Waals surface area contributed by atoms with Gasteiger partial charge in [0.2, 0.25) is 0 Å². The molecule has 6 heteroatoms. The predicted octanol–water partition coefficient (Wildman–Crippen LogP) is 3.22. The number of nitrogens with zero attached hydrogens (tertiary/aromatic N) is 3. The van der Waals surface area contributed by atoms with Crippen molar-refractivity contribution in [2.45, 2.75) is 20.0 Å². The summed E-state index contributed by atoms with van der Waals surface area (Å²) >= 11 is 1.61. The summed E-state index contributed by atoms with van der Waals surface area (Å²) in [6.07, 6.45) is 0.0301. The van der Waals surface area contributed by atoms with Gasteiger partial charge in [-0.3, -0.25) is 5.01 Å². The number of hydrogen-bond donors (Lipinski definition) is 0. The van der Waals surface area contributed by atoms with Crippen LogP contribution in [0.2, 0.25) is 0 Å². The summed E-state index contributed by atoms with van der Waals surface area (Å²) in [5.74, 6) is 1.37. The smallest absolute Gasteiger partial charge is 0.162 e. The van der Waals surface area contributed by atoms with Crippen LogP contribution in [0, 0.1) is 11.3 Å². The second-order valence-corrected chi connectivity index (χ2v) is 4.65. The van der Waals surface area contributed by atoms with Crippen LogP contribution in [-0.2, 0) is 0 Å². The number of para-hydroxylation sites is 1. The fraction of sp³-hybridized carbons (Fsp3) is 0.333. The summed E-state index contributed by atoms with van der Waals surface area (Å²) in [4.78, 5) is 0. The number of hydrogen-bond acceptors (Lipinski definition) is 5. The van der Waals surface area contributed by atoms with E-state index in [0.29, 0.717) is 11.3 Å². The number of benzene rings is 1. The van der Waals surface area contributed by atoms with Crippen molar-refractivity contribution in [3.05, 3.63) is 23.8 Å². The minimum absolute atomic E-state index is 0. The normalized spacial score (nSPS) is 13.3. The van der Waals surface area contributed by atoms with E-state index in [4.69, 9.17) is 10.00 Å². The van der Waals surface area contributed by atoms with Crippen LogP contribution in [0.3, 0.4) is 0 Å². The number of thioether (sulfide) groups is 1. The number of rotatable bonds is 3. The summed E-state index contributed by atoms with van der Waals surface area (Å²) in [7, 11) is 0. The minimum Gasteiger partial charge on any atom is -0.487 e. The lowest BCUT2D eigenvalue weighted by molar-refractivity contribution is 0.242. The third kappa shape index (κ3) is 3.09. The molecule has 0 fully saturated rings. The zero-order chi connectivity index (χ0) is 12.3. The average molecular weight is 284 g/mol. The Labute approximate surface area is 117 Å². The van der Waals surface area contributed by atoms with Crippen LogP contribution in [0.25, 0.3) is 0 Å². The quantitative estimate of drug-likeness (QED) is 0.854. The van der Waals surface area contributed by atoms with E-state index in [2.05, 4.69) is 11.2 Å². The minimum atomic E-state index is 0. The van der Waals surface area contributed by atoms with Crippen molar-refractivity contribution in [3.63, 3.8) is 0 Å². The summed E-state index contributed by atoms with van der Waals surface area (Å²) in [5.41, 5.74) is 3.18. The molecule has 0 saturated heterocycles. The molecule has 4 nitrogen and oxygen atoms in total. The second kappa shape index (κ2) is 6.53. The molecule has 0 aliphatic carbocycles. The molecule has 0 N–H and O–H groups in total. The van der Waals surface area contributed by atoms with Crippen molar-refractivity contribution in [2.24, 2.45) is 5.10 Å². The van der Waals surface area contributed by atoms with Gasteiger partial charge >= 0.3 is 0 Å². The SMILES string of the molecule is CC(C)Oc1c(C#N)cccc1N1CSC=N1.Cl. The van der Waals surface area contributed by atoms with Gasteiger partial charge in [0, 0.05) is 0 Å². The number of nitriles is 1. The van der Waals surface area contributed by atoms with E-state index in [1.54, 1.807) is 23.4 Å². The standard InChI is InChI=1S/C12H13N3OS.ClH/c1-9(2)16-12-10(6-13)4-3-5-11(12)15-8-17-7-14-15;/h3-5,7,9H,8H2,1-2H3;1H. The van der Waals surface area contributed by atoms with Crippen LogP contribution < -0.4 is 9.75 Å². The number of ether oxygens (including phenoxy) is 1. The molecule has 0 aromatic heterocycles. The molecule has 18 heavy (non-hydrogen) atoms. The first-order chi connectivity index (χ1) is 8.22. The summed E-state index contributed by atoms with van der Waals surface area (Å²) < 4.78 is 5.73. The topological polar surface area (TPSA) is 48.6 Å². The highest BCUT2D eigenvalue weighted by molar-refractivity contribution is 8.12. The highest BCUT2D eigenvalue weighted by Crippen LogP contribution is 2.35. The molecule has 96 valence electrons. The van der Waals surface area contributed by atoms with Gasteiger partial charge in [0.05, 0.1) is 23.1 Å². The van der Waals surface area contributed by atoms with Crippen molar-refractivity contribution in [3.8, 4) is 11.8 Å². The number of hydrazone groups is 1. The monoisotopic (exact) mass is 283 g/mol. The molecule has 0 saturated carbocycles. The molecule has 1 heterocycles. The Balaban J connectivity index is 0.00000162. The Morgan fingerprint density at radius 3 is 2.83 bits per heavy atom. The lowest BCUT2D eigenvalue weighted by Gasteiger charge is -2.20. The Bertz CT molecular complexity index is 485. The molecule has 0 radical (unpaired) electrons. The first-order valence-corrected chi connectivity index (χ1v) is 6.38. The highest BCUT2D eigenvalue weighted by atomic mass is 35.5. The number of halogens is 1. The molecule has 1 aliphatic rings. The summed E-state index contributed by atoms with van der Waals surface area (Å²) in [6.45, 7) is 3.89. The van der Waals surface area contributed by atoms with Crippen molar-refractivity contribution in [1.82, 2.24) is 0 Å². The summed E-state index contributed by atoms with van der Waals surface area (Å²) in [6, 6.07) is 7.68. The third-order valence-electron chi connectivity index (χ3n) is 2.20. The molecule has 0 amide bonds. The van der Waals surface area contributed by atoms with Gasteiger partial charge in [-0.05, 0) is 26.0 Å². The second-order valence-electron chi connectivity index (χ2n) is 3.85. The van der Waals surface area contributed by atoms with Gasteiger partial charge in [-0.1, -0.05) is 17.8 Å². The van der Waals surface area contributed by atoms with Gasteiger partial charge in [-0.15, -0.1) is 12.4 Å². The van der Waals surface area contributed by atoms with Gasteiger partial charge in [-0.25, -0.2) is 0 Å². The lowest BCUT2D eigenvalue weighted by atomic mass is 10.2. The Hall–Kier alpha value is -1.38. The van der Waals surface area contributed by atoms with Crippen molar-refractivity contribution in [2.75, 3.05) is 10.9 Å². The maximum atomic E-state index is 9.11. The maximum Gasteiger partial charge on any atom is 0.162 e. The van der Waals surface area contributed by atoms with Crippen LogP contribution in [0.5, 0.6) is 5.75 Å². The first kappa shape index (κ1) is 14.7. The highest BCUT2D eigenvalue weighted by Gasteiger charge is 2.18.